The predicted molar refractivity (Wildman–Crippen MR) is 57.6 cm³/mol. The van der Waals surface area contributed by atoms with Crippen molar-refractivity contribution in [2.24, 2.45) is 0 Å². The minimum atomic E-state index is -0.789. The molecule has 0 aromatic rings. The number of rotatable bonds is 8. The second-order valence-corrected chi connectivity index (χ2v) is 3.64. The molecule has 0 heterocycles. The quantitative estimate of drug-likeness (QED) is 0.211. The number of hydrogen-bond acceptors (Lipinski definition) is 6. The average Bonchev–Trinajstić information content (AvgIpc) is 2.20. The molecular weight excluding hydrogens is 230 g/mol. The summed E-state index contributed by atoms with van der Waals surface area (Å²) in [6.45, 7) is 2.32. The van der Waals surface area contributed by atoms with E-state index in [1.54, 1.807) is 6.92 Å². The predicted octanol–water partition coefficient (Wildman–Crippen LogP) is 1.28. The zero-order chi connectivity index (χ0) is 13.3. The first-order valence-corrected chi connectivity index (χ1v) is 5.36. The van der Waals surface area contributed by atoms with Gasteiger partial charge in [-0.25, -0.2) is 0 Å². The van der Waals surface area contributed by atoms with E-state index in [4.69, 9.17) is 4.74 Å². The largest absolute Gasteiger partial charge is 0.463 e. The molecule has 0 amide bonds. The minimum absolute atomic E-state index is 0.140. The molecule has 0 aliphatic carbocycles. The molecular formula is C10H17NO6. The first-order chi connectivity index (χ1) is 7.91. The Morgan fingerprint density at radius 3 is 2.53 bits per heavy atom. The lowest BCUT2D eigenvalue weighted by Crippen LogP contribution is -2.13. The van der Waals surface area contributed by atoms with Crippen molar-refractivity contribution < 1.29 is 24.0 Å². The third-order valence-electron chi connectivity index (χ3n) is 1.94. The number of ether oxygens (including phenoxy) is 2. The van der Waals surface area contributed by atoms with Gasteiger partial charge in [0.15, 0.2) is 0 Å². The van der Waals surface area contributed by atoms with Gasteiger partial charge in [0.2, 0.25) is 0 Å². The van der Waals surface area contributed by atoms with Gasteiger partial charge >= 0.3 is 18.7 Å². The normalized spacial score (nSPS) is 11.6. The Kier molecular flexibility index (Phi) is 7.66. The molecule has 0 bridgehead atoms. The summed E-state index contributed by atoms with van der Waals surface area (Å²) in [6.07, 6.45) is 1.87. The van der Waals surface area contributed by atoms with Crippen molar-refractivity contribution in [1.82, 2.24) is 0 Å². The van der Waals surface area contributed by atoms with Gasteiger partial charge in [-0.05, 0) is 26.2 Å². The van der Waals surface area contributed by atoms with Crippen molar-refractivity contribution in [2.45, 2.75) is 45.6 Å². The Bertz CT molecular complexity index is 278. The van der Waals surface area contributed by atoms with Gasteiger partial charge in [0.05, 0.1) is 11.0 Å². The Morgan fingerprint density at radius 2 is 2.00 bits per heavy atom. The van der Waals surface area contributed by atoms with Crippen molar-refractivity contribution >= 4 is 11.9 Å². The maximum absolute atomic E-state index is 11.0. The molecule has 0 spiro atoms. The molecule has 0 N–H and O–H groups in total. The van der Waals surface area contributed by atoms with E-state index in [1.807, 2.05) is 0 Å². The third kappa shape index (κ3) is 10.6. The maximum Gasteiger partial charge on any atom is 0.346 e. The van der Waals surface area contributed by atoms with Gasteiger partial charge in [0, 0.05) is 13.3 Å². The van der Waals surface area contributed by atoms with Crippen LogP contribution in [0.4, 0.5) is 0 Å². The van der Waals surface area contributed by atoms with Gasteiger partial charge in [-0.2, -0.15) is 0 Å². The fourth-order valence-electron chi connectivity index (χ4n) is 1.24. The highest BCUT2D eigenvalue weighted by molar-refractivity contribution is 5.69. The van der Waals surface area contributed by atoms with Crippen LogP contribution in [0.2, 0.25) is 0 Å². The summed E-state index contributed by atoms with van der Waals surface area (Å²) in [5.74, 6) is -0.912. The second-order valence-electron chi connectivity index (χ2n) is 3.64. The van der Waals surface area contributed by atoms with Crippen LogP contribution in [0.15, 0.2) is 0 Å². The monoisotopic (exact) mass is 247 g/mol. The molecule has 1 atom stereocenters. The lowest BCUT2D eigenvalue weighted by atomic mass is 10.1. The Labute approximate surface area is 99.2 Å². The lowest BCUT2D eigenvalue weighted by Gasteiger charge is -2.10. The highest BCUT2D eigenvalue weighted by Gasteiger charge is 2.08. The molecule has 7 heteroatoms. The highest BCUT2D eigenvalue weighted by Crippen LogP contribution is 2.07. The molecule has 0 fully saturated rings. The van der Waals surface area contributed by atoms with Crippen molar-refractivity contribution in [1.29, 1.82) is 0 Å². The van der Waals surface area contributed by atoms with Crippen molar-refractivity contribution in [3.05, 3.63) is 10.1 Å². The van der Waals surface area contributed by atoms with E-state index in [2.05, 4.69) is 4.74 Å². The zero-order valence-electron chi connectivity index (χ0n) is 10.0. The fraction of sp³-hybridized carbons (Fsp3) is 0.800. The molecule has 1 unspecified atom stereocenters. The van der Waals surface area contributed by atoms with Crippen LogP contribution in [0.1, 0.15) is 39.5 Å². The third-order valence-corrected chi connectivity index (χ3v) is 1.94. The van der Waals surface area contributed by atoms with Crippen LogP contribution in [-0.2, 0) is 19.1 Å². The van der Waals surface area contributed by atoms with Gasteiger partial charge in [-0.3, -0.25) is 19.7 Å². The molecule has 0 saturated heterocycles. The summed E-state index contributed by atoms with van der Waals surface area (Å²) < 4.78 is 9.24. The average molecular weight is 247 g/mol. The number of carbonyl (C=O) groups is 2. The number of nitro groups is 1. The van der Waals surface area contributed by atoms with Crippen LogP contribution in [0.25, 0.3) is 0 Å². The summed E-state index contributed by atoms with van der Waals surface area (Å²) >= 11 is 0. The van der Waals surface area contributed by atoms with Crippen LogP contribution in [0.3, 0.4) is 0 Å². The van der Waals surface area contributed by atoms with Gasteiger partial charge in [-0.1, -0.05) is 0 Å². The number of unbranched alkanes of at least 4 members (excludes halogenated alkanes) is 1. The summed E-state index contributed by atoms with van der Waals surface area (Å²) in [5.41, 5.74) is 0. The fourth-order valence-corrected chi connectivity index (χ4v) is 1.24. The van der Waals surface area contributed by atoms with Gasteiger partial charge in [-0.15, -0.1) is 0 Å². The van der Waals surface area contributed by atoms with Crippen LogP contribution in [0, 0.1) is 10.1 Å². The lowest BCUT2D eigenvalue weighted by molar-refractivity contribution is -0.519. The van der Waals surface area contributed by atoms with Crippen LogP contribution >= 0.6 is 0 Å². The minimum Gasteiger partial charge on any atom is -0.463 e. The van der Waals surface area contributed by atoms with E-state index in [1.165, 1.54) is 6.92 Å². The molecule has 0 saturated carbocycles. The van der Waals surface area contributed by atoms with Crippen LogP contribution in [0.5, 0.6) is 0 Å². The van der Waals surface area contributed by atoms with E-state index < -0.39 is 17.6 Å². The molecule has 17 heavy (non-hydrogen) atoms. The molecule has 0 aromatic carbocycles. The standard InChI is InChI=1S/C10H17NO6/c1-8(17-9(2)12)5-3-4-6-10(13)16-7-11(14)15/h8H,3-7H2,1-2H3. The van der Waals surface area contributed by atoms with E-state index in [0.717, 1.165) is 0 Å². The van der Waals surface area contributed by atoms with Gasteiger partial charge in [0.1, 0.15) is 0 Å². The molecule has 0 aliphatic rings. The first-order valence-electron chi connectivity index (χ1n) is 5.36. The Balaban J connectivity index is 3.47. The summed E-state index contributed by atoms with van der Waals surface area (Å²) in [7, 11) is 0. The Hall–Kier alpha value is -1.66. The van der Waals surface area contributed by atoms with E-state index >= 15 is 0 Å². The second kappa shape index (κ2) is 8.49. The van der Waals surface area contributed by atoms with E-state index in [9.17, 15) is 19.7 Å². The van der Waals surface area contributed by atoms with Crippen molar-refractivity contribution in [3.63, 3.8) is 0 Å². The number of nitrogens with zero attached hydrogens (tertiary/aromatic N) is 1. The molecule has 0 aliphatic heterocycles. The van der Waals surface area contributed by atoms with E-state index in [-0.39, 0.29) is 18.5 Å². The van der Waals surface area contributed by atoms with Crippen LogP contribution < -0.4 is 0 Å². The van der Waals surface area contributed by atoms with E-state index in [0.29, 0.717) is 19.3 Å². The molecule has 7 nitrogen and oxygen atoms in total. The summed E-state index contributed by atoms with van der Waals surface area (Å²) in [5, 5.41) is 9.91. The van der Waals surface area contributed by atoms with Gasteiger partial charge < -0.3 is 9.47 Å². The highest BCUT2D eigenvalue weighted by atomic mass is 16.7. The first kappa shape index (κ1) is 15.3. The molecule has 0 rings (SSSR count). The number of esters is 2. The van der Waals surface area contributed by atoms with Crippen molar-refractivity contribution in [2.75, 3.05) is 6.73 Å². The zero-order valence-corrected chi connectivity index (χ0v) is 10.0. The summed E-state index contributed by atoms with van der Waals surface area (Å²) in [6, 6.07) is 0. The summed E-state index contributed by atoms with van der Waals surface area (Å²) in [4.78, 5) is 30.7. The van der Waals surface area contributed by atoms with Crippen molar-refractivity contribution in [3.8, 4) is 0 Å². The van der Waals surface area contributed by atoms with Crippen LogP contribution in [-0.4, -0.2) is 29.7 Å². The SMILES string of the molecule is CC(=O)OC(C)CCCCC(=O)OC[N+](=O)[O-]. The smallest absolute Gasteiger partial charge is 0.346 e. The molecule has 0 radical (unpaired) electrons. The maximum atomic E-state index is 11.0. The molecule has 0 aromatic heterocycles. The Morgan fingerprint density at radius 1 is 1.35 bits per heavy atom. The molecule has 98 valence electrons. The number of carbonyl (C=O) groups excluding carboxylic acids is 2. The number of hydrogen-bond donors (Lipinski definition) is 0. The van der Waals surface area contributed by atoms with Gasteiger partial charge in [0.25, 0.3) is 0 Å². The topological polar surface area (TPSA) is 95.7 Å².